The number of nitrogens with two attached hydrogens (primary N) is 1. The van der Waals surface area contributed by atoms with E-state index in [1.54, 1.807) is 18.4 Å². The quantitative estimate of drug-likeness (QED) is 0.846. The standard InChI is InChI=1S/C13H17N3OS/c1-17-10-4-6-16(7-5-10)13-15-11-8-9(14)2-3-12(11)18-13/h2-3,8,10H,4-7,14H2,1H3. The summed E-state index contributed by atoms with van der Waals surface area (Å²) in [5, 5.41) is 1.10. The van der Waals surface area contributed by atoms with Crippen LogP contribution in [-0.4, -0.2) is 31.3 Å². The van der Waals surface area contributed by atoms with Crippen molar-refractivity contribution in [1.82, 2.24) is 4.98 Å². The van der Waals surface area contributed by atoms with E-state index >= 15 is 0 Å². The van der Waals surface area contributed by atoms with E-state index in [9.17, 15) is 0 Å². The number of rotatable bonds is 2. The first-order valence-corrected chi connectivity index (χ1v) is 7.02. The Morgan fingerprint density at radius 3 is 2.89 bits per heavy atom. The first-order valence-electron chi connectivity index (χ1n) is 6.20. The summed E-state index contributed by atoms with van der Waals surface area (Å²) in [7, 11) is 1.79. The maximum Gasteiger partial charge on any atom is 0.186 e. The van der Waals surface area contributed by atoms with Crippen LogP contribution in [0.5, 0.6) is 0 Å². The van der Waals surface area contributed by atoms with E-state index in [2.05, 4.69) is 9.88 Å². The Bertz CT molecular complexity index is 546. The lowest BCUT2D eigenvalue weighted by Crippen LogP contribution is -2.36. The van der Waals surface area contributed by atoms with Gasteiger partial charge in [0.05, 0.1) is 16.3 Å². The number of hydrogen-bond donors (Lipinski definition) is 1. The summed E-state index contributed by atoms with van der Waals surface area (Å²) < 4.78 is 6.59. The largest absolute Gasteiger partial charge is 0.399 e. The van der Waals surface area contributed by atoms with Gasteiger partial charge in [-0.25, -0.2) is 4.98 Å². The van der Waals surface area contributed by atoms with Gasteiger partial charge in [-0.05, 0) is 31.0 Å². The van der Waals surface area contributed by atoms with E-state index in [4.69, 9.17) is 10.5 Å². The molecule has 0 aliphatic carbocycles. The molecule has 0 spiro atoms. The Balaban J connectivity index is 1.82. The first-order chi connectivity index (χ1) is 8.76. The highest BCUT2D eigenvalue weighted by molar-refractivity contribution is 7.22. The van der Waals surface area contributed by atoms with E-state index in [1.165, 1.54) is 4.70 Å². The summed E-state index contributed by atoms with van der Waals surface area (Å²) in [6.07, 6.45) is 2.56. The zero-order valence-corrected chi connectivity index (χ0v) is 11.2. The Morgan fingerprint density at radius 2 is 2.17 bits per heavy atom. The van der Waals surface area contributed by atoms with E-state index in [0.29, 0.717) is 6.10 Å². The molecular formula is C13H17N3OS. The highest BCUT2D eigenvalue weighted by Gasteiger charge is 2.21. The maximum absolute atomic E-state index is 5.78. The molecule has 2 aromatic rings. The molecule has 1 fully saturated rings. The fourth-order valence-electron chi connectivity index (χ4n) is 2.35. The number of anilines is 2. The van der Waals surface area contributed by atoms with Crippen molar-refractivity contribution in [2.75, 3.05) is 30.8 Å². The molecule has 1 aromatic heterocycles. The molecule has 0 atom stereocenters. The van der Waals surface area contributed by atoms with Gasteiger partial charge in [0.15, 0.2) is 5.13 Å². The van der Waals surface area contributed by atoms with Gasteiger partial charge in [0.2, 0.25) is 0 Å². The third-order valence-electron chi connectivity index (χ3n) is 3.45. The van der Waals surface area contributed by atoms with Crippen molar-refractivity contribution in [2.24, 2.45) is 0 Å². The van der Waals surface area contributed by atoms with Crippen LogP contribution in [0.2, 0.25) is 0 Å². The molecule has 0 amide bonds. The van der Waals surface area contributed by atoms with Crippen LogP contribution in [0.25, 0.3) is 10.2 Å². The summed E-state index contributed by atoms with van der Waals surface area (Å²) >= 11 is 1.74. The Hall–Kier alpha value is -1.33. The van der Waals surface area contributed by atoms with Gasteiger partial charge >= 0.3 is 0 Å². The number of fused-ring (bicyclic) bond motifs is 1. The van der Waals surface area contributed by atoms with Crippen LogP contribution in [0.15, 0.2) is 18.2 Å². The minimum Gasteiger partial charge on any atom is -0.399 e. The van der Waals surface area contributed by atoms with E-state index < -0.39 is 0 Å². The van der Waals surface area contributed by atoms with Crippen molar-refractivity contribution in [3.63, 3.8) is 0 Å². The number of thiazole rings is 1. The second-order valence-electron chi connectivity index (χ2n) is 4.65. The van der Waals surface area contributed by atoms with Gasteiger partial charge in [0, 0.05) is 25.9 Å². The summed E-state index contributed by atoms with van der Waals surface area (Å²) in [4.78, 5) is 7.02. The lowest BCUT2D eigenvalue weighted by atomic mass is 10.1. The lowest BCUT2D eigenvalue weighted by Gasteiger charge is -2.30. The van der Waals surface area contributed by atoms with Gasteiger partial charge in [0.25, 0.3) is 0 Å². The van der Waals surface area contributed by atoms with Crippen molar-refractivity contribution < 1.29 is 4.74 Å². The molecule has 2 N–H and O–H groups in total. The fraction of sp³-hybridized carbons (Fsp3) is 0.462. The summed E-state index contributed by atoms with van der Waals surface area (Å²) in [6.45, 7) is 2.04. The number of nitrogens with zero attached hydrogens (tertiary/aromatic N) is 2. The predicted octanol–water partition coefficient (Wildman–Crippen LogP) is 2.49. The summed E-state index contributed by atoms with van der Waals surface area (Å²) in [5.74, 6) is 0. The molecule has 0 bridgehead atoms. The molecule has 2 heterocycles. The molecule has 3 rings (SSSR count). The number of piperidine rings is 1. The molecule has 0 radical (unpaired) electrons. The average Bonchev–Trinajstić information content (AvgIpc) is 2.81. The number of benzene rings is 1. The van der Waals surface area contributed by atoms with Gasteiger partial charge in [-0.15, -0.1) is 0 Å². The van der Waals surface area contributed by atoms with Crippen LogP contribution < -0.4 is 10.6 Å². The maximum atomic E-state index is 5.78. The number of aromatic nitrogens is 1. The number of hydrogen-bond acceptors (Lipinski definition) is 5. The number of methoxy groups -OCH3 is 1. The average molecular weight is 263 g/mol. The molecule has 4 nitrogen and oxygen atoms in total. The van der Waals surface area contributed by atoms with Crippen LogP contribution in [-0.2, 0) is 4.74 Å². The van der Waals surface area contributed by atoms with Gasteiger partial charge in [-0.3, -0.25) is 0 Å². The van der Waals surface area contributed by atoms with Crippen molar-refractivity contribution in [3.05, 3.63) is 18.2 Å². The van der Waals surface area contributed by atoms with Crippen LogP contribution in [0.4, 0.5) is 10.8 Å². The van der Waals surface area contributed by atoms with Gasteiger partial charge in [-0.1, -0.05) is 11.3 Å². The third-order valence-corrected chi connectivity index (χ3v) is 4.54. The second kappa shape index (κ2) is 4.74. The van der Waals surface area contributed by atoms with E-state index in [0.717, 1.165) is 42.3 Å². The molecule has 18 heavy (non-hydrogen) atoms. The third kappa shape index (κ3) is 2.15. The smallest absolute Gasteiger partial charge is 0.186 e. The van der Waals surface area contributed by atoms with Crippen LogP contribution in [0, 0.1) is 0 Å². The minimum atomic E-state index is 0.409. The highest BCUT2D eigenvalue weighted by atomic mass is 32.1. The predicted molar refractivity (Wildman–Crippen MR) is 76.3 cm³/mol. The molecule has 1 aliphatic rings. The van der Waals surface area contributed by atoms with Crippen molar-refractivity contribution >= 4 is 32.4 Å². The zero-order chi connectivity index (χ0) is 12.5. The minimum absolute atomic E-state index is 0.409. The molecule has 0 saturated carbocycles. The van der Waals surface area contributed by atoms with Crippen molar-refractivity contribution in [1.29, 1.82) is 0 Å². The summed E-state index contributed by atoms with van der Waals surface area (Å²) in [5.41, 5.74) is 7.56. The lowest BCUT2D eigenvalue weighted by molar-refractivity contribution is 0.0819. The van der Waals surface area contributed by atoms with Gasteiger partial charge in [0.1, 0.15) is 0 Å². The molecular weight excluding hydrogens is 246 g/mol. The van der Waals surface area contributed by atoms with Crippen LogP contribution in [0.3, 0.4) is 0 Å². The van der Waals surface area contributed by atoms with Crippen LogP contribution >= 0.6 is 11.3 Å². The SMILES string of the molecule is COC1CCN(c2nc3cc(N)ccc3s2)CC1. The Labute approximate surface area is 110 Å². The summed E-state index contributed by atoms with van der Waals surface area (Å²) in [6, 6.07) is 5.92. The first kappa shape index (κ1) is 11.7. The number of nitrogen functional groups attached to an aromatic ring is 1. The molecule has 96 valence electrons. The molecule has 0 unspecified atom stereocenters. The van der Waals surface area contributed by atoms with Crippen LogP contribution in [0.1, 0.15) is 12.8 Å². The normalized spacial score (nSPS) is 17.5. The molecule has 1 aromatic carbocycles. The van der Waals surface area contributed by atoms with Crippen molar-refractivity contribution in [3.8, 4) is 0 Å². The Morgan fingerprint density at radius 1 is 1.39 bits per heavy atom. The second-order valence-corrected chi connectivity index (χ2v) is 5.65. The van der Waals surface area contributed by atoms with Gasteiger partial charge < -0.3 is 15.4 Å². The zero-order valence-electron chi connectivity index (χ0n) is 10.4. The molecule has 5 heteroatoms. The van der Waals surface area contributed by atoms with E-state index in [1.807, 2.05) is 18.2 Å². The Kier molecular flexibility index (Phi) is 3.09. The van der Waals surface area contributed by atoms with Gasteiger partial charge in [-0.2, -0.15) is 0 Å². The monoisotopic (exact) mass is 263 g/mol. The van der Waals surface area contributed by atoms with Crippen molar-refractivity contribution in [2.45, 2.75) is 18.9 Å². The topological polar surface area (TPSA) is 51.4 Å². The molecule has 1 aliphatic heterocycles. The fourth-order valence-corrected chi connectivity index (χ4v) is 3.35. The number of ether oxygens (including phenoxy) is 1. The van der Waals surface area contributed by atoms with E-state index in [-0.39, 0.29) is 0 Å². The highest BCUT2D eigenvalue weighted by Crippen LogP contribution is 2.31. The molecule has 1 saturated heterocycles.